The molecule has 0 amide bonds. The van der Waals surface area contributed by atoms with Crippen molar-refractivity contribution in [3.8, 4) is 11.5 Å². The van der Waals surface area contributed by atoms with Crippen molar-refractivity contribution in [3.63, 3.8) is 0 Å². The topological polar surface area (TPSA) is 51.6 Å². The van der Waals surface area contributed by atoms with Crippen LogP contribution in [0.4, 0.5) is 0 Å². The van der Waals surface area contributed by atoms with Crippen LogP contribution in [0, 0.1) is 0 Å². The minimum atomic E-state index is 0.0381. The van der Waals surface area contributed by atoms with Gasteiger partial charge >= 0.3 is 0 Å². The SMILES string of the molecule is CCOc1ccccc1OCc1nc(CC)c(CO)s1. The Labute approximate surface area is 123 Å². The van der Waals surface area contributed by atoms with E-state index < -0.39 is 0 Å². The van der Waals surface area contributed by atoms with Gasteiger partial charge in [0.2, 0.25) is 0 Å². The van der Waals surface area contributed by atoms with Crippen molar-refractivity contribution in [3.05, 3.63) is 39.8 Å². The number of hydrogen-bond donors (Lipinski definition) is 1. The average Bonchev–Trinajstić information content (AvgIpc) is 2.89. The van der Waals surface area contributed by atoms with Crippen molar-refractivity contribution >= 4 is 11.3 Å². The lowest BCUT2D eigenvalue weighted by Gasteiger charge is -2.10. The Bertz CT molecular complexity index is 532. The van der Waals surface area contributed by atoms with Crippen LogP contribution in [0.2, 0.25) is 0 Å². The maximum atomic E-state index is 9.27. The molecule has 108 valence electrons. The number of aryl methyl sites for hydroxylation is 1. The van der Waals surface area contributed by atoms with E-state index in [1.807, 2.05) is 38.1 Å². The van der Waals surface area contributed by atoms with E-state index in [1.165, 1.54) is 11.3 Å². The van der Waals surface area contributed by atoms with Crippen molar-refractivity contribution in [1.82, 2.24) is 4.98 Å². The van der Waals surface area contributed by atoms with Gasteiger partial charge in [-0.1, -0.05) is 19.1 Å². The van der Waals surface area contributed by atoms with Crippen LogP contribution in [0.3, 0.4) is 0 Å². The zero-order chi connectivity index (χ0) is 14.4. The molecule has 0 aliphatic heterocycles. The molecule has 0 saturated carbocycles. The summed E-state index contributed by atoms with van der Waals surface area (Å²) >= 11 is 1.50. The van der Waals surface area contributed by atoms with Crippen molar-refractivity contribution in [2.45, 2.75) is 33.5 Å². The Morgan fingerprint density at radius 3 is 2.40 bits per heavy atom. The summed E-state index contributed by atoms with van der Waals surface area (Å²) in [5.74, 6) is 1.46. The van der Waals surface area contributed by atoms with E-state index in [0.717, 1.165) is 27.7 Å². The third-order valence-corrected chi connectivity index (χ3v) is 3.86. The van der Waals surface area contributed by atoms with Gasteiger partial charge in [0.05, 0.1) is 23.8 Å². The number of para-hydroxylation sites is 2. The molecule has 4 nitrogen and oxygen atoms in total. The van der Waals surface area contributed by atoms with E-state index in [2.05, 4.69) is 4.98 Å². The molecule has 1 N–H and O–H groups in total. The molecule has 0 aliphatic rings. The molecular formula is C15H19NO3S. The smallest absolute Gasteiger partial charge is 0.161 e. The standard InChI is InChI=1S/C15H19NO3S/c1-3-11-14(9-17)20-15(16-11)10-19-13-8-6-5-7-12(13)18-4-2/h5-8,17H,3-4,9-10H2,1-2H3. The summed E-state index contributed by atoms with van der Waals surface area (Å²) in [7, 11) is 0. The first-order chi connectivity index (χ1) is 9.78. The first-order valence-electron chi connectivity index (χ1n) is 6.71. The van der Waals surface area contributed by atoms with Crippen LogP contribution in [0.1, 0.15) is 29.4 Å². The van der Waals surface area contributed by atoms with Crippen molar-refractivity contribution < 1.29 is 14.6 Å². The fourth-order valence-corrected chi connectivity index (χ4v) is 2.81. The van der Waals surface area contributed by atoms with Gasteiger partial charge in [0.25, 0.3) is 0 Å². The van der Waals surface area contributed by atoms with Gasteiger partial charge in [-0.3, -0.25) is 0 Å². The number of thiazole rings is 1. The van der Waals surface area contributed by atoms with Crippen molar-refractivity contribution in [2.75, 3.05) is 6.61 Å². The largest absolute Gasteiger partial charge is 0.490 e. The van der Waals surface area contributed by atoms with E-state index >= 15 is 0 Å². The summed E-state index contributed by atoms with van der Waals surface area (Å²) in [6.07, 6.45) is 0.821. The van der Waals surface area contributed by atoms with E-state index in [4.69, 9.17) is 9.47 Å². The fraction of sp³-hybridized carbons (Fsp3) is 0.400. The number of nitrogens with zero attached hydrogens (tertiary/aromatic N) is 1. The van der Waals surface area contributed by atoms with Gasteiger partial charge in [-0.05, 0) is 25.5 Å². The predicted molar refractivity (Wildman–Crippen MR) is 79.4 cm³/mol. The molecule has 1 aromatic heterocycles. The van der Waals surface area contributed by atoms with E-state index in [9.17, 15) is 5.11 Å². The zero-order valence-corrected chi connectivity index (χ0v) is 12.6. The average molecular weight is 293 g/mol. The number of ether oxygens (including phenoxy) is 2. The third-order valence-electron chi connectivity index (χ3n) is 2.80. The normalized spacial score (nSPS) is 10.6. The number of rotatable bonds is 7. The molecule has 2 aromatic rings. The fourth-order valence-electron chi connectivity index (χ4n) is 1.88. The molecule has 1 heterocycles. The Morgan fingerprint density at radius 1 is 1.15 bits per heavy atom. The maximum Gasteiger partial charge on any atom is 0.161 e. The van der Waals surface area contributed by atoms with Crippen LogP contribution in [-0.4, -0.2) is 16.7 Å². The molecule has 2 rings (SSSR count). The second kappa shape index (κ2) is 7.26. The van der Waals surface area contributed by atoms with Gasteiger partial charge in [0, 0.05) is 0 Å². The van der Waals surface area contributed by atoms with Crippen LogP contribution < -0.4 is 9.47 Å². The number of aromatic nitrogens is 1. The molecule has 20 heavy (non-hydrogen) atoms. The van der Waals surface area contributed by atoms with Gasteiger partial charge in [0.15, 0.2) is 11.5 Å². The van der Waals surface area contributed by atoms with Crippen LogP contribution in [0.5, 0.6) is 11.5 Å². The quantitative estimate of drug-likeness (QED) is 0.852. The highest BCUT2D eigenvalue weighted by Gasteiger charge is 2.10. The van der Waals surface area contributed by atoms with Crippen LogP contribution >= 0.6 is 11.3 Å². The van der Waals surface area contributed by atoms with Gasteiger partial charge in [0.1, 0.15) is 11.6 Å². The minimum Gasteiger partial charge on any atom is -0.490 e. The number of hydrogen-bond acceptors (Lipinski definition) is 5. The first-order valence-corrected chi connectivity index (χ1v) is 7.53. The molecular weight excluding hydrogens is 274 g/mol. The number of aliphatic hydroxyl groups is 1. The molecule has 0 spiro atoms. The summed E-state index contributed by atoms with van der Waals surface area (Å²) in [6, 6.07) is 7.60. The second-order valence-electron chi connectivity index (χ2n) is 4.16. The highest BCUT2D eigenvalue weighted by molar-refractivity contribution is 7.11. The summed E-state index contributed by atoms with van der Waals surface area (Å²) in [6.45, 7) is 5.01. The highest BCUT2D eigenvalue weighted by Crippen LogP contribution is 2.28. The van der Waals surface area contributed by atoms with E-state index in [0.29, 0.717) is 19.0 Å². The highest BCUT2D eigenvalue weighted by atomic mass is 32.1. The van der Waals surface area contributed by atoms with Crippen LogP contribution in [0.15, 0.2) is 24.3 Å². The zero-order valence-electron chi connectivity index (χ0n) is 11.8. The minimum absolute atomic E-state index is 0.0381. The molecule has 0 atom stereocenters. The molecule has 0 unspecified atom stereocenters. The van der Waals surface area contributed by atoms with Gasteiger partial charge < -0.3 is 14.6 Å². The summed E-state index contributed by atoms with van der Waals surface area (Å²) in [5.41, 5.74) is 0.953. The predicted octanol–water partition coefficient (Wildman–Crippen LogP) is 3.18. The summed E-state index contributed by atoms with van der Waals surface area (Å²) in [5, 5.41) is 10.1. The Kier molecular flexibility index (Phi) is 5.38. The maximum absolute atomic E-state index is 9.27. The van der Waals surface area contributed by atoms with E-state index in [1.54, 1.807) is 0 Å². The van der Waals surface area contributed by atoms with Crippen LogP contribution in [0.25, 0.3) is 0 Å². The number of benzene rings is 1. The van der Waals surface area contributed by atoms with Crippen LogP contribution in [-0.2, 0) is 19.6 Å². The summed E-state index contributed by atoms with van der Waals surface area (Å²) in [4.78, 5) is 5.40. The summed E-state index contributed by atoms with van der Waals surface area (Å²) < 4.78 is 11.3. The molecule has 0 radical (unpaired) electrons. The monoisotopic (exact) mass is 293 g/mol. The third kappa shape index (κ3) is 3.49. The van der Waals surface area contributed by atoms with Gasteiger partial charge in [-0.25, -0.2) is 4.98 Å². The molecule has 0 bridgehead atoms. The van der Waals surface area contributed by atoms with Gasteiger partial charge in [-0.15, -0.1) is 11.3 Å². The molecule has 0 fully saturated rings. The first kappa shape index (κ1) is 14.8. The van der Waals surface area contributed by atoms with Gasteiger partial charge in [-0.2, -0.15) is 0 Å². The van der Waals surface area contributed by atoms with Crippen molar-refractivity contribution in [2.24, 2.45) is 0 Å². The van der Waals surface area contributed by atoms with Crippen molar-refractivity contribution in [1.29, 1.82) is 0 Å². The molecule has 1 aromatic carbocycles. The van der Waals surface area contributed by atoms with E-state index in [-0.39, 0.29) is 6.61 Å². The Hall–Kier alpha value is -1.59. The number of aliphatic hydroxyl groups excluding tert-OH is 1. The Balaban J connectivity index is 2.06. The molecule has 0 saturated heterocycles. The Morgan fingerprint density at radius 2 is 1.85 bits per heavy atom. The lowest BCUT2D eigenvalue weighted by molar-refractivity contribution is 0.269. The molecule has 5 heteroatoms. The lowest BCUT2D eigenvalue weighted by Crippen LogP contribution is -1.99. The second-order valence-corrected chi connectivity index (χ2v) is 5.33. The lowest BCUT2D eigenvalue weighted by atomic mass is 10.3. The molecule has 0 aliphatic carbocycles.